The standard InChI is InChI=1S/C13H28N2O2/c1-12-10-14(6-4-5-8-16)11-13(2)15(12)7-9-17-3/h12-13,16H,4-11H2,1-3H3. The second-order valence-corrected chi connectivity index (χ2v) is 5.12. The number of aliphatic hydroxyl groups excluding tert-OH is 1. The molecule has 1 heterocycles. The van der Waals surface area contributed by atoms with E-state index in [0.29, 0.717) is 18.7 Å². The summed E-state index contributed by atoms with van der Waals surface area (Å²) in [5.41, 5.74) is 0. The molecular formula is C13H28N2O2. The average molecular weight is 244 g/mol. The van der Waals surface area contributed by atoms with E-state index in [1.54, 1.807) is 7.11 Å². The molecule has 0 saturated carbocycles. The molecule has 0 aliphatic carbocycles. The summed E-state index contributed by atoms with van der Waals surface area (Å²) < 4.78 is 5.16. The number of aliphatic hydroxyl groups is 1. The van der Waals surface area contributed by atoms with E-state index in [2.05, 4.69) is 23.6 Å². The van der Waals surface area contributed by atoms with Crippen LogP contribution in [0.3, 0.4) is 0 Å². The van der Waals surface area contributed by atoms with Crippen molar-refractivity contribution in [3.05, 3.63) is 0 Å². The Balaban J connectivity index is 2.32. The molecule has 0 aromatic rings. The van der Waals surface area contributed by atoms with Gasteiger partial charge in [-0.3, -0.25) is 4.90 Å². The highest BCUT2D eigenvalue weighted by molar-refractivity contribution is 4.84. The summed E-state index contributed by atoms with van der Waals surface area (Å²) in [6.07, 6.45) is 2.03. The van der Waals surface area contributed by atoms with Gasteiger partial charge in [0.15, 0.2) is 0 Å². The largest absolute Gasteiger partial charge is 0.396 e. The van der Waals surface area contributed by atoms with Gasteiger partial charge in [0.25, 0.3) is 0 Å². The number of ether oxygens (including phenoxy) is 1. The number of rotatable bonds is 7. The minimum absolute atomic E-state index is 0.318. The Bertz CT molecular complexity index is 190. The molecule has 4 heteroatoms. The lowest BCUT2D eigenvalue weighted by Crippen LogP contribution is -2.57. The van der Waals surface area contributed by atoms with Gasteiger partial charge in [0.1, 0.15) is 0 Å². The van der Waals surface area contributed by atoms with Crippen LogP contribution in [-0.4, -0.2) is 73.5 Å². The number of piperazine rings is 1. The van der Waals surface area contributed by atoms with Crippen molar-refractivity contribution in [3.63, 3.8) is 0 Å². The van der Waals surface area contributed by atoms with Crippen LogP contribution in [0.5, 0.6) is 0 Å². The van der Waals surface area contributed by atoms with E-state index in [-0.39, 0.29) is 0 Å². The van der Waals surface area contributed by atoms with Gasteiger partial charge in [-0.1, -0.05) is 0 Å². The first kappa shape index (κ1) is 14.9. The van der Waals surface area contributed by atoms with Crippen LogP contribution in [0.15, 0.2) is 0 Å². The minimum Gasteiger partial charge on any atom is -0.396 e. The lowest BCUT2D eigenvalue weighted by molar-refractivity contribution is 0.0201. The van der Waals surface area contributed by atoms with Crippen LogP contribution in [0, 0.1) is 0 Å². The van der Waals surface area contributed by atoms with Crippen molar-refractivity contribution in [2.75, 3.05) is 46.5 Å². The molecule has 1 saturated heterocycles. The van der Waals surface area contributed by atoms with Crippen LogP contribution in [0.1, 0.15) is 26.7 Å². The highest BCUT2D eigenvalue weighted by Crippen LogP contribution is 2.15. The normalized spacial score (nSPS) is 27.5. The van der Waals surface area contributed by atoms with Gasteiger partial charge >= 0.3 is 0 Å². The molecule has 4 nitrogen and oxygen atoms in total. The van der Waals surface area contributed by atoms with Gasteiger partial charge in [0.05, 0.1) is 6.61 Å². The Kier molecular flexibility index (Phi) is 7.04. The summed E-state index contributed by atoms with van der Waals surface area (Å²) in [4.78, 5) is 5.06. The molecule has 1 fully saturated rings. The van der Waals surface area contributed by atoms with E-state index >= 15 is 0 Å². The van der Waals surface area contributed by atoms with E-state index in [9.17, 15) is 0 Å². The third-order valence-corrected chi connectivity index (χ3v) is 3.61. The first-order chi connectivity index (χ1) is 8.19. The van der Waals surface area contributed by atoms with E-state index < -0.39 is 0 Å². The quantitative estimate of drug-likeness (QED) is 0.672. The number of methoxy groups -OCH3 is 1. The predicted octanol–water partition coefficient (Wildman–Crippen LogP) is 0.800. The van der Waals surface area contributed by atoms with E-state index in [4.69, 9.17) is 9.84 Å². The van der Waals surface area contributed by atoms with Crippen molar-refractivity contribution in [1.82, 2.24) is 9.80 Å². The monoisotopic (exact) mass is 244 g/mol. The summed E-state index contributed by atoms with van der Waals surface area (Å²) in [6.45, 7) is 10.2. The number of hydrogen-bond acceptors (Lipinski definition) is 4. The zero-order valence-corrected chi connectivity index (χ0v) is 11.6. The topological polar surface area (TPSA) is 35.9 Å². The summed E-state index contributed by atoms with van der Waals surface area (Å²) in [5.74, 6) is 0. The molecule has 1 aliphatic rings. The third-order valence-electron chi connectivity index (χ3n) is 3.61. The van der Waals surface area contributed by atoms with Crippen molar-refractivity contribution in [2.24, 2.45) is 0 Å². The molecule has 2 unspecified atom stereocenters. The molecule has 17 heavy (non-hydrogen) atoms. The molecule has 0 radical (unpaired) electrons. The molecule has 0 spiro atoms. The fraction of sp³-hybridized carbons (Fsp3) is 1.00. The van der Waals surface area contributed by atoms with E-state index in [1.165, 1.54) is 0 Å². The van der Waals surface area contributed by atoms with Crippen molar-refractivity contribution in [2.45, 2.75) is 38.8 Å². The smallest absolute Gasteiger partial charge is 0.0589 e. The second kappa shape index (κ2) is 8.03. The lowest BCUT2D eigenvalue weighted by Gasteiger charge is -2.44. The zero-order chi connectivity index (χ0) is 12.7. The molecule has 0 aromatic carbocycles. The fourth-order valence-corrected chi connectivity index (χ4v) is 2.73. The molecule has 1 rings (SSSR count). The Morgan fingerprint density at radius 3 is 2.29 bits per heavy atom. The van der Waals surface area contributed by atoms with Gasteiger partial charge in [-0.15, -0.1) is 0 Å². The second-order valence-electron chi connectivity index (χ2n) is 5.12. The van der Waals surface area contributed by atoms with Gasteiger partial charge in [-0.2, -0.15) is 0 Å². The molecule has 1 aliphatic heterocycles. The number of hydrogen-bond donors (Lipinski definition) is 1. The van der Waals surface area contributed by atoms with Crippen molar-refractivity contribution >= 4 is 0 Å². The van der Waals surface area contributed by atoms with Crippen molar-refractivity contribution in [3.8, 4) is 0 Å². The molecule has 102 valence electrons. The van der Waals surface area contributed by atoms with Crippen molar-refractivity contribution < 1.29 is 9.84 Å². The summed E-state index contributed by atoms with van der Waals surface area (Å²) in [6, 6.07) is 1.20. The summed E-state index contributed by atoms with van der Waals surface area (Å²) in [7, 11) is 1.76. The molecule has 0 aromatic heterocycles. The third kappa shape index (κ3) is 4.92. The minimum atomic E-state index is 0.318. The van der Waals surface area contributed by atoms with Crippen LogP contribution < -0.4 is 0 Å². The van der Waals surface area contributed by atoms with Crippen LogP contribution in [-0.2, 0) is 4.74 Å². The molecular weight excluding hydrogens is 216 g/mol. The van der Waals surface area contributed by atoms with Gasteiger partial charge in [-0.05, 0) is 33.2 Å². The van der Waals surface area contributed by atoms with Crippen molar-refractivity contribution in [1.29, 1.82) is 0 Å². The predicted molar refractivity (Wildman–Crippen MR) is 70.3 cm³/mol. The maximum absolute atomic E-state index is 8.80. The maximum atomic E-state index is 8.80. The highest BCUT2D eigenvalue weighted by atomic mass is 16.5. The Labute approximate surface area is 106 Å². The Morgan fingerprint density at radius 2 is 1.76 bits per heavy atom. The van der Waals surface area contributed by atoms with E-state index in [0.717, 1.165) is 45.6 Å². The van der Waals surface area contributed by atoms with Gasteiger partial charge in [0.2, 0.25) is 0 Å². The first-order valence-electron chi connectivity index (χ1n) is 6.77. The fourth-order valence-electron chi connectivity index (χ4n) is 2.73. The van der Waals surface area contributed by atoms with Gasteiger partial charge < -0.3 is 14.7 Å². The summed E-state index contributed by atoms with van der Waals surface area (Å²) >= 11 is 0. The molecule has 2 atom stereocenters. The molecule has 0 amide bonds. The maximum Gasteiger partial charge on any atom is 0.0589 e. The van der Waals surface area contributed by atoms with Crippen LogP contribution >= 0.6 is 0 Å². The molecule has 0 bridgehead atoms. The average Bonchev–Trinajstić information content (AvgIpc) is 2.28. The van der Waals surface area contributed by atoms with Crippen LogP contribution in [0.4, 0.5) is 0 Å². The van der Waals surface area contributed by atoms with Crippen LogP contribution in [0.25, 0.3) is 0 Å². The summed E-state index contributed by atoms with van der Waals surface area (Å²) in [5, 5.41) is 8.80. The SMILES string of the molecule is COCCN1C(C)CN(CCCCO)CC1C. The van der Waals surface area contributed by atoms with Crippen LogP contribution in [0.2, 0.25) is 0 Å². The van der Waals surface area contributed by atoms with Gasteiger partial charge in [0, 0.05) is 45.4 Å². The number of nitrogens with zero attached hydrogens (tertiary/aromatic N) is 2. The first-order valence-corrected chi connectivity index (χ1v) is 6.77. The van der Waals surface area contributed by atoms with Gasteiger partial charge in [-0.25, -0.2) is 0 Å². The Morgan fingerprint density at radius 1 is 1.12 bits per heavy atom. The Hall–Kier alpha value is -0.160. The highest BCUT2D eigenvalue weighted by Gasteiger charge is 2.28. The zero-order valence-electron chi connectivity index (χ0n) is 11.6. The molecule has 1 N–H and O–H groups in total. The van der Waals surface area contributed by atoms with E-state index in [1.807, 2.05) is 0 Å². The number of unbranched alkanes of at least 4 members (excludes halogenated alkanes) is 1. The lowest BCUT2D eigenvalue weighted by atomic mass is 10.1.